The zero-order valence-electron chi connectivity index (χ0n) is 24.8. The van der Waals surface area contributed by atoms with Gasteiger partial charge in [-0.2, -0.15) is 0 Å². The minimum atomic E-state index is -1.02. The van der Waals surface area contributed by atoms with E-state index in [2.05, 4.69) is 22.5 Å². The van der Waals surface area contributed by atoms with Crippen molar-refractivity contribution in [1.29, 1.82) is 0 Å². The monoisotopic (exact) mass is 588 g/mol. The second-order valence-electron chi connectivity index (χ2n) is 10.9. The molecule has 4 rings (SSSR count). The fourth-order valence-electron chi connectivity index (χ4n) is 5.23. The lowest BCUT2D eigenvalue weighted by Gasteiger charge is -2.33. The molecule has 0 bridgehead atoms. The van der Waals surface area contributed by atoms with Gasteiger partial charge in [0.2, 0.25) is 17.7 Å². The van der Waals surface area contributed by atoms with Gasteiger partial charge in [0.25, 0.3) is 0 Å². The van der Waals surface area contributed by atoms with Gasteiger partial charge in [-0.1, -0.05) is 50.8 Å². The summed E-state index contributed by atoms with van der Waals surface area (Å²) in [5.41, 5.74) is 1.01. The Labute approximate surface area is 253 Å². The Balaban J connectivity index is 1.58. The van der Waals surface area contributed by atoms with Crippen LogP contribution >= 0.6 is 0 Å². The van der Waals surface area contributed by atoms with Crippen LogP contribution in [0.3, 0.4) is 0 Å². The van der Waals surface area contributed by atoms with Gasteiger partial charge < -0.3 is 15.4 Å². The van der Waals surface area contributed by atoms with Crippen LogP contribution in [-0.2, 0) is 14.4 Å². The van der Waals surface area contributed by atoms with E-state index < -0.39 is 11.9 Å². The van der Waals surface area contributed by atoms with Crippen molar-refractivity contribution in [2.24, 2.45) is 0 Å². The number of hydrogen-bond donors (Lipinski definition) is 2. The van der Waals surface area contributed by atoms with E-state index in [0.29, 0.717) is 29.4 Å². The second-order valence-corrected chi connectivity index (χ2v) is 10.9. The maximum Gasteiger partial charge on any atom is 0.248 e. The molecular weight excluding hydrogens is 547 g/mol. The summed E-state index contributed by atoms with van der Waals surface area (Å²) in [7, 11) is 0. The fourth-order valence-corrected chi connectivity index (χ4v) is 5.23. The summed E-state index contributed by atoms with van der Waals surface area (Å²) in [5.74, 6) is -0.211. The van der Waals surface area contributed by atoms with Gasteiger partial charge in [0, 0.05) is 30.8 Å². The van der Waals surface area contributed by atoms with Crippen LogP contribution in [0, 0.1) is 5.82 Å². The molecule has 0 radical (unpaired) electrons. The topological polar surface area (TPSA) is 101 Å². The molecule has 3 aromatic rings. The Bertz CT molecular complexity index is 1310. The highest BCUT2D eigenvalue weighted by Gasteiger charge is 2.34. The van der Waals surface area contributed by atoms with E-state index in [1.807, 2.05) is 0 Å². The largest absolute Gasteiger partial charge is 0.494 e. The number of amides is 3. The number of carbonyl (C=O) groups excluding carboxylic acids is 3. The van der Waals surface area contributed by atoms with Crippen molar-refractivity contribution in [3.63, 3.8) is 0 Å². The van der Waals surface area contributed by atoms with E-state index in [4.69, 9.17) is 4.74 Å². The summed E-state index contributed by atoms with van der Waals surface area (Å²) in [6, 6.07) is 17.0. The van der Waals surface area contributed by atoms with Crippen molar-refractivity contribution in [3.05, 3.63) is 84.3 Å². The lowest BCUT2D eigenvalue weighted by Crippen LogP contribution is -2.47. The molecule has 1 fully saturated rings. The molecule has 0 spiro atoms. The molecule has 0 aliphatic heterocycles. The van der Waals surface area contributed by atoms with Gasteiger partial charge in [0.15, 0.2) is 0 Å². The van der Waals surface area contributed by atoms with Crippen LogP contribution in [0.4, 0.5) is 15.9 Å². The zero-order chi connectivity index (χ0) is 30.4. The number of pyridine rings is 1. The zero-order valence-corrected chi connectivity index (χ0v) is 24.8. The minimum absolute atomic E-state index is 0.0192. The van der Waals surface area contributed by atoms with Crippen LogP contribution < -0.4 is 20.3 Å². The summed E-state index contributed by atoms with van der Waals surface area (Å²) >= 11 is 0. The highest BCUT2D eigenvalue weighted by molar-refractivity contribution is 6.01. The number of aromatic nitrogens is 1. The van der Waals surface area contributed by atoms with Gasteiger partial charge in [-0.15, -0.1) is 0 Å². The molecule has 2 N–H and O–H groups in total. The van der Waals surface area contributed by atoms with Gasteiger partial charge >= 0.3 is 0 Å². The first-order valence-electron chi connectivity index (χ1n) is 15.3. The number of carbonyl (C=O) groups is 3. The van der Waals surface area contributed by atoms with Crippen molar-refractivity contribution in [3.8, 4) is 5.75 Å². The average Bonchev–Trinajstić information content (AvgIpc) is 3.02. The molecule has 1 atom stereocenters. The average molecular weight is 589 g/mol. The molecule has 2 aromatic carbocycles. The predicted octanol–water partition coefficient (Wildman–Crippen LogP) is 6.73. The molecule has 1 aliphatic rings. The molecule has 1 aliphatic carbocycles. The highest BCUT2D eigenvalue weighted by Crippen LogP contribution is 2.31. The molecule has 0 unspecified atom stereocenters. The van der Waals surface area contributed by atoms with E-state index in [-0.39, 0.29) is 43.0 Å². The van der Waals surface area contributed by atoms with Crippen molar-refractivity contribution >= 4 is 29.2 Å². The third-order valence-corrected chi connectivity index (χ3v) is 7.52. The lowest BCUT2D eigenvalue weighted by molar-refractivity contribution is -0.127. The maximum atomic E-state index is 14.0. The van der Waals surface area contributed by atoms with Gasteiger partial charge in [-0.3, -0.25) is 19.3 Å². The molecule has 9 heteroatoms. The normalized spacial score (nSPS) is 14.0. The van der Waals surface area contributed by atoms with Crippen LogP contribution in [0.2, 0.25) is 0 Å². The first-order valence-corrected chi connectivity index (χ1v) is 15.3. The molecule has 8 nitrogen and oxygen atoms in total. The Morgan fingerprint density at radius 1 is 0.953 bits per heavy atom. The number of halogens is 1. The summed E-state index contributed by atoms with van der Waals surface area (Å²) in [6.45, 7) is 2.67. The van der Waals surface area contributed by atoms with E-state index >= 15 is 0 Å². The van der Waals surface area contributed by atoms with E-state index in [0.717, 1.165) is 44.9 Å². The molecule has 228 valence electrons. The van der Waals surface area contributed by atoms with E-state index in [1.165, 1.54) is 17.0 Å². The number of unbranched alkanes of at least 4 members (excludes halogenated alkanes) is 1. The quantitative estimate of drug-likeness (QED) is 0.203. The van der Waals surface area contributed by atoms with Crippen molar-refractivity contribution in [2.45, 2.75) is 83.2 Å². The standard InChI is InChI=1S/C34H41FN4O4/c1-2-3-24-43-29-21-19-28(20-22-29)39(32(41)14-9-13-31(40)38-30-12-7-8-23-36-30)33(25-15-17-26(35)18-16-25)34(42)37-27-10-5-4-6-11-27/h7-8,12,15-23,27,33H,2-6,9-11,13-14,24H2,1H3,(H,37,42)(H,36,38,40)/t33-/m1/s1. The lowest BCUT2D eigenvalue weighted by atomic mass is 9.94. The van der Waals surface area contributed by atoms with Gasteiger partial charge in [-0.25, -0.2) is 9.37 Å². The number of benzene rings is 2. The summed E-state index contributed by atoms with van der Waals surface area (Å²) < 4.78 is 19.8. The number of rotatable bonds is 14. The Kier molecular flexibility index (Phi) is 12.1. The summed E-state index contributed by atoms with van der Waals surface area (Å²) in [4.78, 5) is 46.0. The van der Waals surface area contributed by atoms with Gasteiger partial charge in [0.05, 0.1) is 6.61 Å². The number of ether oxygens (including phenoxy) is 1. The molecule has 3 amide bonds. The maximum absolute atomic E-state index is 14.0. The summed E-state index contributed by atoms with van der Waals surface area (Å²) in [6.07, 6.45) is 8.90. The molecule has 1 heterocycles. The molecule has 43 heavy (non-hydrogen) atoms. The fraction of sp³-hybridized carbons (Fsp3) is 0.412. The molecule has 0 saturated heterocycles. The Morgan fingerprint density at radius 2 is 1.70 bits per heavy atom. The molecule has 1 saturated carbocycles. The molecular formula is C34H41FN4O4. The predicted molar refractivity (Wildman–Crippen MR) is 165 cm³/mol. The van der Waals surface area contributed by atoms with Gasteiger partial charge in [-0.05, 0) is 79.8 Å². The van der Waals surface area contributed by atoms with Crippen molar-refractivity contribution in [2.75, 3.05) is 16.8 Å². The first-order chi connectivity index (χ1) is 20.9. The summed E-state index contributed by atoms with van der Waals surface area (Å²) in [5, 5.41) is 5.89. The van der Waals surface area contributed by atoms with Crippen LogP contribution in [-0.4, -0.2) is 35.4 Å². The van der Waals surface area contributed by atoms with E-state index in [9.17, 15) is 18.8 Å². The van der Waals surface area contributed by atoms with Crippen LogP contribution in [0.5, 0.6) is 5.75 Å². The Hall–Kier alpha value is -4.27. The van der Waals surface area contributed by atoms with Crippen LogP contribution in [0.25, 0.3) is 0 Å². The van der Waals surface area contributed by atoms with Crippen molar-refractivity contribution < 1.29 is 23.5 Å². The van der Waals surface area contributed by atoms with E-state index in [1.54, 1.807) is 60.8 Å². The van der Waals surface area contributed by atoms with Crippen LogP contribution in [0.15, 0.2) is 72.9 Å². The van der Waals surface area contributed by atoms with Gasteiger partial charge in [0.1, 0.15) is 23.4 Å². The minimum Gasteiger partial charge on any atom is -0.494 e. The van der Waals surface area contributed by atoms with Crippen molar-refractivity contribution in [1.82, 2.24) is 10.3 Å². The highest BCUT2D eigenvalue weighted by atomic mass is 19.1. The first kappa shape index (κ1) is 31.7. The third kappa shape index (κ3) is 9.63. The number of nitrogens with zero attached hydrogens (tertiary/aromatic N) is 2. The number of anilines is 2. The SMILES string of the molecule is CCCCOc1ccc(N(C(=O)CCCC(=O)Nc2ccccn2)[C@@H](C(=O)NC2CCCCC2)c2ccc(F)cc2)cc1. The number of nitrogens with one attached hydrogen (secondary N) is 2. The molecule has 1 aromatic heterocycles. The van der Waals surface area contributed by atoms with Crippen LogP contribution in [0.1, 0.15) is 82.7 Å². The smallest absolute Gasteiger partial charge is 0.248 e. The number of hydrogen-bond acceptors (Lipinski definition) is 5. The third-order valence-electron chi connectivity index (χ3n) is 7.52. The Morgan fingerprint density at radius 3 is 2.37 bits per heavy atom. The second kappa shape index (κ2) is 16.4.